The van der Waals surface area contributed by atoms with E-state index in [9.17, 15) is 4.91 Å². The first-order valence-corrected chi connectivity index (χ1v) is 1.80. The van der Waals surface area contributed by atoms with E-state index in [1.54, 1.807) is 0 Å². The van der Waals surface area contributed by atoms with Gasteiger partial charge in [0.25, 0.3) is 0 Å². The van der Waals surface area contributed by atoms with Crippen LogP contribution in [-0.2, 0) is 0 Å². The summed E-state index contributed by atoms with van der Waals surface area (Å²) in [5.41, 5.74) is 0. The van der Waals surface area contributed by atoms with Crippen molar-refractivity contribution in [1.82, 2.24) is 10.2 Å². The van der Waals surface area contributed by atoms with Crippen LogP contribution in [0.1, 0.15) is 0 Å². The van der Waals surface area contributed by atoms with Gasteiger partial charge in [-0.15, -0.1) is 24.8 Å². The molecule has 0 spiro atoms. The third kappa shape index (κ3) is 3.93. The molecular weight excluding hydrogens is 165 g/mol. The average molecular weight is 171 g/mol. The molecule has 0 aliphatic carbocycles. The molecule has 0 aliphatic rings. The zero-order valence-corrected chi connectivity index (χ0v) is 5.98. The Morgan fingerprint density at radius 3 is 2.33 bits per heavy atom. The predicted molar refractivity (Wildman–Crippen MR) is 36.5 cm³/mol. The van der Waals surface area contributed by atoms with Crippen LogP contribution >= 0.6 is 24.8 Å². The van der Waals surface area contributed by atoms with Crippen molar-refractivity contribution < 1.29 is 4.43 Å². The topological polar surface area (TPSA) is 51.7 Å². The largest absolute Gasteiger partial charge is 0.355 e. The first kappa shape index (κ1) is 11.2. The molecule has 0 aromatic carbocycles. The van der Waals surface area contributed by atoms with Gasteiger partial charge in [-0.1, -0.05) is 4.91 Å². The molecule has 0 atom stereocenters. The van der Waals surface area contributed by atoms with E-state index in [-0.39, 0.29) is 24.8 Å². The van der Waals surface area contributed by atoms with Crippen molar-refractivity contribution in [1.29, 1.82) is 0 Å². The molecule has 52 valence electrons. The summed E-state index contributed by atoms with van der Waals surface area (Å²) in [7, 11) is 0. The minimum Gasteiger partial charge on any atom is -0.190 e. The highest BCUT2D eigenvalue weighted by molar-refractivity contribution is 5.85. The Morgan fingerprint density at radius 1 is 1.44 bits per heavy atom. The number of aromatic nitrogens is 3. The van der Waals surface area contributed by atoms with E-state index in [1.807, 2.05) is 0 Å². The number of halogens is 2. The van der Waals surface area contributed by atoms with Crippen molar-refractivity contribution in [2.24, 2.45) is 0 Å². The maximum absolute atomic E-state index is 10.1. The van der Waals surface area contributed by atoms with Gasteiger partial charge in [0, 0.05) is 9.53 Å². The molecule has 0 saturated carbocycles. The summed E-state index contributed by atoms with van der Waals surface area (Å²) in [6.07, 6.45) is 3.92. The lowest BCUT2D eigenvalue weighted by Crippen LogP contribution is -2.12. The molecule has 6 heteroatoms. The quantitative estimate of drug-likeness (QED) is 0.565. The Morgan fingerprint density at radius 2 is 2.11 bits per heavy atom. The van der Waals surface area contributed by atoms with Crippen molar-refractivity contribution in [3.63, 3.8) is 0 Å². The molecule has 9 heavy (non-hydrogen) atoms. The van der Waals surface area contributed by atoms with Gasteiger partial charge in [0.2, 0.25) is 0 Å². The van der Waals surface area contributed by atoms with E-state index in [4.69, 9.17) is 0 Å². The standard InChI is InChI=1S/C3H4N3O.2ClH/c7-6-2-1-4-5-3-6;;/h1-3H,(H,4,7);2*1H/q+1;;. The number of nitrogens with one attached hydrogen (secondary N) is 1. The summed E-state index contributed by atoms with van der Waals surface area (Å²) < 4.78 is 0.608. The van der Waals surface area contributed by atoms with Gasteiger partial charge < -0.3 is 0 Å². The van der Waals surface area contributed by atoms with Crippen LogP contribution in [0.5, 0.6) is 0 Å². The van der Waals surface area contributed by atoms with Gasteiger partial charge >= 0.3 is 6.33 Å². The fourth-order valence-electron chi connectivity index (χ4n) is 0.279. The zero-order valence-electron chi connectivity index (χ0n) is 4.35. The van der Waals surface area contributed by atoms with Crippen LogP contribution in [0.4, 0.5) is 0 Å². The molecule has 1 aromatic rings. The Labute approximate surface area is 63.7 Å². The van der Waals surface area contributed by atoms with E-state index in [0.717, 1.165) is 6.33 Å². The molecule has 1 N–H and O–H groups in total. The Hall–Kier alpha value is -0.610. The number of nitrogens with zero attached hydrogens (tertiary/aromatic N) is 2. The maximum atomic E-state index is 10.1. The van der Waals surface area contributed by atoms with Crippen LogP contribution in [0.15, 0.2) is 18.7 Å². The highest BCUT2D eigenvalue weighted by Crippen LogP contribution is 1.53. The van der Waals surface area contributed by atoms with Crippen molar-refractivity contribution in [3.05, 3.63) is 23.6 Å². The lowest BCUT2D eigenvalue weighted by atomic mass is 10.9. The van der Waals surface area contributed by atoms with E-state index in [1.165, 1.54) is 12.4 Å². The summed E-state index contributed by atoms with van der Waals surface area (Å²) in [4.78, 5) is 10.1. The van der Waals surface area contributed by atoms with Gasteiger partial charge in [0.1, 0.15) is 0 Å². The summed E-state index contributed by atoms with van der Waals surface area (Å²) in [6.45, 7) is 0. The molecule has 0 radical (unpaired) electrons. The Kier molecular flexibility index (Phi) is 6.89. The SMILES string of the molecule is Cl.Cl.O=[n+]1cc[nH]nc1. The van der Waals surface area contributed by atoms with Gasteiger partial charge in [0.15, 0.2) is 6.20 Å². The van der Waals surface area contributed by atoms with Crippen LogP contribution in [-0.4, -0.2) is 10.2 Å². The minimum atomic E-state index is 0. The predicted octanol–water partition coefficient (Wildman–Crippen LogP) is 0.168. The fourth-order valence-corrected chi connectivity index (χ4v) is 0.279. The molecule has 0 aliphatic heterocycles. The van der Waals surface area contributed by atoms with Crippen LogP contribution < -0.4 is 4.43 Å². The van der Waals surface area contributed by atoms with Crippen molar-refractivity contribution in [2.45, 2.75) is 0 Å². The lowest BCUT2D eigenvalue weighted by Gasteiger charge is -1.63. The van der Waals surface area contributed by atoms with E-state index < -0.39 is 0 Å². The summed E-state index contributed by atoms with van der Waals surface area (Å²) in [5.74, 6) is 0. The van der Waals surface area contributed by atoms with Crippen LogP contribution in [0.2, 0.25) is 0 Å². The number of rotatable bonds is 0. The van der Waals surface area contributed by atoms with Crippen molar-refractivity contribution in [2.75, 3.05) is 0 Å². The first-order valence-electron chi connectivity index (χ1n) is 1.80. The van der Waals surface area contributed by atoms with Crippen molar-refractivity contribution in [3.8, 4) is 0 Å². The first-order chi connectivity index (χ1) is 3.39. The third-order valence-corrected chi connectivity index (χ3v) is 0.542. The molecule has 1 rings (SSSR count). The van der Waals surface area contributed by atoms with Gasteiger partial charge in [0.05, 0.1) is 6.20 Å². The molecule has 0 fully saturated rings. The monoisotopic (exact) mass is 170 g/mol. The maximum Gasteiger partial charge on any atom is 0.355 e. The minimum absolute atomic E-state index is 0. The smallest absolute Gasteiger partial charge is 0.190 e. The normalized spacial score (nSPS) is 6.67. The third-order valence-electron chi connectivity index (χ3n) is 0.542. The second-order valence-corrected chi connectivity index (χ2v) is 1.05. The molecule has 0 saturated heterocycles. The molecule has 0 bridgehead atoms. The van der Waals surface area contributed by atoms with Crippen LogP contribution in [0.3, 0.4) is 0 Å². The molecule has 1 aromatic heterocycles. The highest BCUT2D eigenvalue weighted by atomic mass is 35.5. The number of hydrogen-bond donors (Lipinski definition) is 1. The molecule has 4 nitrogen and oxygen atoms in total. The van der Waals surface area contributed by atoms with Gasteiger partial charge in [-0.25, -0.2) is 0 Å². The average Bonchev–Trinajstić information content (AvgIpc) is 1.69. The summed E-state index contributed by atoms with van der Waals surface area (Å²) in [6, 6.07) is 0. The second-order valence-electron chi connectivity index (χ2n) is 1.05. The molecule has 0 amide bonds. The summed E-state index contributed by atoms with van der Waals surface area (Å²) in [5, 5.41) is 5.87. The van der Waals surface area contributed by atoms with E-state index >= 15 is 0 Å². The molecular formula is C3H6Cl2N3O+. The Bertz CT molecular complexity index is 183. The zero-order chi connectivity index (χ0) is 5.11. The van der Waals surface area contributed by atoms with Crippen molar-refractivity contribution >= 4 is 24.8 Å². The van der Waals surface area contributed by atoms with Crippen LogP contribution in [0, 0.1) is 4.91 Å². The fraction of sp³-hybridized carbons (Fsp3) is 0. The second kappa shape index (κ2) is 5.53. The molecule has 0 unspecified atom stereocenters. The van der Waals surface area contributed by atoms with Gasteiger partial charge in [-0.2, -0.15) is 5.10 Å². The van der Waals surface area contributed by atoms with E-state index in [0.29, 0.717) is 4.43 Å². The van der Waals surface area contributed by atoms with Gasteiger partial charge in [-0.3, -0.25) is 0 Å². The lowest BCUT2D eigenvalue weighted by molar-refractivity contribution is -0.499. The van der Waals surface area contributed by atoms with Gasteiger partial charge in [-0.05, 0) is 0 Å². The summed E-state index contributed by atoms with van der Waals surface area (Å²) >= 11 is 0. The van der Waals surface area contributed by atoms with E-state index in [2.05, 4.69) is 10.2 Å². The number of aromatic amines is 1. The molecule has 1 heterocycles. The number of H-pyrrole nitrogens is 1. The number of hydrogen-bond acceptors (Lipinski definition) is 2. The van der Waals surface area contributed by atoms with Crippen LogP contribution in [0.25, 0.3) is 0 Å². The Balaban J connectivity index is 0. The highest BCUT2D eigenvalue weighted by Gasteiger charge is 1.79.